The second-order valence-electron chi connectivity index (χ2n) is 4.93. The summed E-state index contributed by atoms with van der Waals surface area (Å²) in [5, 5.41) is 4.93. The molecule has 0 aliphatic carbocycles. The number of carbonyl (C=O) groups is 1. The highest BCUT2D eigenvalue weighted by Gasteiger charge is 2.14. The Morgan fingerprint density at radius 2 is 1.65 bits per heavy atom. The molecule has 1 atom stereocenters. The standard InChI is InChI=1S/C16H14F4N2O/c1-9(12-4-2-10(17)6-14(12)20)22-16(23)8-21-15-7-11(18)3-5-13(15)19/h2-7,9,21H,8H2,1H3,(H,22,23)/t9-/m1/s1. The molecule has 1 amide bonds. The van der Waals surface area contributed by atoms with Crippen LogP contribution < -0.4 is 10.6 Å². The highest BCUT2D eigenvalue weighted by molar-refractivity contribution is 5.81. The molecule has 2 aromatic rings. The second kappa shape index (κ2) is 7.13. The fourth-order valence-corrected chi connectivity index (χ4v) is 2.03. The highest BCUT2D eigenvalue weighted by atomic mass is 19.1. The molecule has 0 unspecified atom stereocenters. The van der Waals surface area contributed by atoms with Gasteiger partial charge in [-0.15, -0.1) is 0 Å². The van der Waals surface area contributed by atoms with E-state index in [4.69, 9.17) is 0 Å². The van der Waals surface area contributed by atoms with E-state index in [2.05, 4.69) is 10.6 Å². The maximum Gasteiger partial charge on any atom is 0.239 e. The fourth-order valence-electron chi connectivity index (χ4n) is 2.03. The van der Waals surface area contributed by atoms with Crippen LogP contribution in [-0.2, 0) is 4.79 Å². The summed E-state index contributed by atoms with van der Waals surface area (Å²) in [6.07, 6.45) is 0. The average molecular weight is 326 g/mol. The number of hydrogen-bond donors (Lipinski definition) is 2. The largest absolute Gasteiger partial charge is 0.374 e. The molecule has 0 fully saturated rings. The van der Waals surface area contributed by atoms with Crippen LogP contribution in [0.2, 0.25) is 0 Å². The third-order valence-electron chi connectivity index (χ3n) is 3.17. The molecule has 7 heteroatoms. The Hall–Kier alpha value is -2.57. The lowest BCUT2D eigenvalue weighted by Gasteiger charge is -2.16. The molecule has 2 N–H and O–H groups in total. The van der Waals surface area contributed by atoms with E-state index in [0.717, 1.165) is 30.3 Å². The van der Waals surface area contributed by atoms with Crippen LogP contribution in [0.15, 0.2) is 36.4 Å². The van der Waals surface area contributed by atoms with Crippen LogP contribution in [0.4, 0.5) is 23.2 Å². The van der Waals surface area contributed by atoms with Crippen molar-refractivity contribution in [3.8, 4) is 0 Å². The molecular weight excluding hydrogens is 312 g/mol. The van der Waals surface area contributed by atoms with Gasteiger partial charge in [0.25, 0.3) is 0 Å². The maximum absolute atomic E-state index is 13.6. The molecule has 0 radical (unpaired) electrons. The molecule has 2 rings (SSSR count). The van der Waals surface area contributed by atoms with Crippen LogP contribution in [0, 0.1) is 23.3 Å². The summed E-state index contributed by atoms with van der Waals surface area (Å²) in [7, 11) is 0. The molecular formula is C16H14F4N2O. The van der Waals surface area contributed by atoms with Crippen molar-refractivity contribution in [1.82, 2.24) is 5.32 Å². The number of anilines is 1. The van der Waals surface area contributed by atoms with Crippen molar-refractivity contribution in [2.24, 2.45) is 0 Å². The summed E-state index contributed by atoms with van der Waals surface area (Å²) in [6.45, 7) is 1.20. The van der Waals surface area contributed by atoms with Gasteiger partial charge in [-0.2, -0.15) is 0 Å². The van der Waals surface area contributed by atoms with Gasteiger partial charge in [-0.25, -0.2) is 17.6 Å². The van der Waals surface area contributed by atoms with Gasteiger partial charge in [-0.1, -0.05) is 6.07 Å². The molecule has 0 aliphatic rings. The van der Waals surface area contributed by atoms with Gasteiger partial charge in [0.1, 0.15) is 23.3 Å². The summed E-state index contributed by atoms with van der Waals surface area (Å²) in [5.74, 6) is -3.38. The molecule has 0 bridgehead atoms. The molecule has 0 aliphatic heterocycles. The van der Waals surface area contributed by atoms with Crippen molar-refractivity contribution < 1.29 is 22.4 Å². The summed E-state index contributed by atoms with van der Waals surface area (Å²) < 4.78 is 52.8. The number of nitrogens with one attached hydrogen (secondary N) is 2. The monoisotopic (exact) mass is 326 g/mol. The first kappa shape index (κ1) is 16.8. The van der Waals surface area contributed by atoms with Crippen LogP contribution in [0.25, 0.3) is 0 Å². The van der Waals surface area contributed by atoms with E-state index in [1.807, 2.05) is 0 Å². The first-order valence-corrected chi connectivity index (χ1v) is 6.80. The Bertz CT molecular complexity index is 721. The molecule has 2 aromatic carbocycles. The quantitative estimate of drug-likeness (QED) is 0.825. The molecule has 0 aromatic heterocycles. The van der Waals surface area contributed by atoms with Crippen molar-refractivity contribution in [1.29, 1.82) is 0 Å². The first-order valence-electron chi connectivity index (χ1n) is 6.80. The summed E-state index contributed by atoms with van der Waals surface area (Å²) in [4.78, 5) is 11.8. The zero-order valence-corrected chi connectivity index (χ0v) is 12.2. The molecule has 3 nitrogen and oxygen atoms in total. The van der Waals surface area contributed by atoms with Crippen molar-refractivity contribution in [2.75, 3.05) is 11.9 Å². The molecule has 0 saturated carbocycles. The van der Waals surface area contributed by atoms with Gasteiger partial charge in [-0.05, 0) is 31.2 Å². The van der Waals surface area contributed by atoms with E-state index in [9.17, 15) is 22.4 Å². The van der Waals surface area contributed by atoms with Crippen molar-refractivity contribution >= 4 is 11.6 Å². The third kappa shape index (κ3) is 4.45. The van der Waals surface area contributed by atoms with Gasteiger partial charge in [0, 0.05) is 11.6 Å². The predicted octanol–water partition coefficient (Wildman–Crippen LogP) is 3.53. The number of rotatable bonds is 5. The molecule has 23 heavy (non-hydrogen) atoms. The molecule has 122 valence electrons. The van der Waals surface area contributed by atoms with Crippen LogP contribution in [0.1, 0.15) is 18.5 Å². The number of hydrogen-bond acceptors (Lipinski definition) is 2. The van der Waals surface area contributed by atoms with E-state index in [1.165, 1.54) is 13.0 Å². The van der Waals surface area contributed by atoms with Crippen LogP contribution in [0.5, 0.6) is 0 Å². The number of halogens is 4. The lowest BCUT2D eigenvalue weighted by atomic mass is 10.1. The lowest BCUT2D eigenvalue weighted by molar-refractivity contribution is -0.120. The Morgan fingerprint density at radius 3 is 2.35 bits per heavy atom. The van der Waals surface area contributed by atoms with E-state index < -0.39 is 35.2 Å². The van der Waals surface area contributed by atoms with E-state index >= 15 is 0 Å². The fraction of sp³-hybridized carbons (Fsp3) is 0.188. The minimum atomic E-state index is -0.776. The van der Waals surface area contributed by atoms with Crippen molar-refractivity contribution in [2.45, 2.75) is 13.0 Å². The third-order valence-corrected chi connectivity index (χ3v) is 3.17. The van der Waals surface area contributed by atoms with Gasteiger partial charge >= 0.3 is 0 Å². The predicted molar refractivity (Wildman–Crippen MR) is 77.8 cm³/mol. The SMILES string of the molecule is C[C@@H](NC(=O)CNc1cc(F)ccc1F)c1ccc(F)cc1F. The van der Waals surface area contributed by atoms with Crippen LogP contribution >= 0.6 is 0 Å². The van der Waals surface area contributed by atoms with Gasteiger partial charge in [0.05, 0.1) is 18.3 Å². The number of amides is 1. The Morgan fingerprint density at radius 1 is 1.00 bits per heavy atom. The van der Waals surface area contributed by atoms with Crippen LogP contribution in [0.3, 0.4) is 0 Å². The van der Waals surface area contributed by atoms with Gasteiger partial charge in [0.2, 0.25) is 5.91 Å². The number of benzene rings is 2. The zero-order chi connectivity index (χ0) is 17.0. The number of carbonyl (C=O) groups excluding carboxylic acids is 1. The first-order chi connectivity index (χ1) is 10.9. The molecule has 0 spiro atoms. The lowest BCUT2D eigenvalue weighted by Crippen LogP contribution is -2.32. The molecule has 0 heterocycles. The zero-order valence-electron chi connectivity index (χ0n) is 12.2. The van der Waals surface area contributed by atoms with Gasteiger partial charge in [-0.3, -0.25) is 4.79 Å². The minimum Gasteiger partial charge on any atom is -0.374 e. The van der Waals surface area contributed by atoms with Gasteiger partial charge in [0.15, 0.2) is 0 Å². The van der Waals surface area contributed by atoms with E-state index in [-0.39, 0.29) is 17.8 Å². The molecule has 0 saturated heterocycles. The smallest absolute Gasteiger partial charge is 0.239 e. The summed E-state index contributed by atoms with van der Waals surface area (Å²) in [5.41, 5.74) is -0.0301. The highest BCUT2D eigenvalue weighted by Crippen LogP contribution is 2.18. The minimum absolute atomic E-state index is 0.122. The summed E-state index contributed by atoms with van der Waals surface area (Å²) in [6, 6.07) is 5.15. The Labute approximate surface area is 130 Å². The second-order valence-corrected chi connectivity index (χ2v) is 4.93. The van der Waals surface area contributed by atoms with Gasteiger partial charge < -0.3 is 10.6 Å². The van der Waals surface area contributed by atoms with Crippen molar-refractivity contribution in [3.05, 3.63) is 65.2 Å². The van der Waals surface area contributed by atoms with Crippen LogP contribution in [-0.4, -0.2) is 12.5 Å². The normalized spacial score (nSPS) is 11.9. The average Bonchev–Trinajstić information content (AvgIpc) is 2.48. The maximum atomic E-state index is 13.6. The topological polar surface area (TPSA) is 41.1 Å². The Kier molecular flexibility index (Phi) is 5.20. The van der Waals surface area contributed by atoms with E-state index in [0.29, 0.717) is 0 Å². The Balaban J connectivity index is 1.95. The van der Waals surface area contributed by atoms with E-state index in [1.54, 1.807) is 0 Å². The van der Waals surface area contributed by atoms with Crippen molar-refractivity contribution in [3.63, 3.8) is 0 Å². The summed E-state index contributed by atoms with van der Waals surface area (Å²) >= 11 is 0.